The number of hydrogen-bond acceptors (Lipinski definition) is 3. The Morgan fingerprint density at radius 1 is 1.50 bits per heavy atom. The van der Waals surface area contributed by atoms with E-state index in [4.69, 9.17) is 4.74 Å². The second kappa shape index (κ2) is 2.69. The van der Waals surface area contributed by atoms with Crippen molar-refractivity contribution < 1.29 is 14.3 Å². The Morgan fingerprint density at radius 2 is 2.33 bits per heavy atom. The Balaban J connectivity index is 2.16. The summed E-state index contributed by atoms with van der Waals surface area (Å²) in [6.45, 7) is 0.222. The number of ether oxygens (including phenoxy) is 1. The molecule has 64 valence electrons. The molecule has 1 saturated heterocycles. The summed E-state index contributed by atoms with van der Waals surface area (Å²) in [5, 5.41) is 0. The van der Waals surface area contributed by atoms with Crippen molar-refractivity contribution in [1.29, 1.82) is 0 Å². The molecule has 1 amide bonds. The molecule has 2 atom stereocenters. The van der Waals surface area contributed by atoms with Crippen LogP contribution in [0.15, 0.2) is 4.99 Å². The Morgan fingerprint density at radius 3 is 3.17 bits per heavy atom. The van der Waals surface area contributed by atoms with Gasteiger partial charge in [-0.2, -0.15) is 0 Å². The molecule has 0 N–H and O–H groups in total. The number of carbonyl (C=O) groups is 2. The average Bonchev–Trinajstić information content (AvgIpc) is 2.04. The highest BCUT2D eigenvalue weighted by molar-refractivity contribution is 5.91. The third kappa shape index (κ3) is 1.13. The van der Waals surface area contributed by atoms with Gasteiger partial charge in [-0.25, -0.2) is 4.99 Å². The van der Waals surface area contributed by atoms with Crippen LogP contribution in [-0.2, 0) is 14.3 Å². The van der Waals surface area contributed by atoms with Gasteiger partial charge in [0.05, 0.1) is 5.92 Å². The zero-order valence-corrected chi connectivity index (χ0v) is 6.53. The number of carbonyl (C=O) groups excluding carboxylic acids is 2. The maximum atomic E-state index is 11.1. The van der Waals surface area contributed by atoms with Crippen LogP contribution in [0.2, 0.25) is 0 Å². The van der Waals surface area contributed by atoms with Gasteiger partial charge < -0.3 is 4.74 Å². The number of amides is 1. The van der Waals surface area contributed by atoms with E-state index < -0.39 is 0 Å². The predicted molar refractivity (Wildman–Crippen MR) is 40.7 cm³/mol. The van der Waals surface area contributed by atoms with Gasteiger partial charge in [0.2, 0.25) is 0 Å². The van der Waals surface area contributed by atoms with E-state index in [1.165, 1.54) is 0 Å². The van der Waals surface area contributed by atoms with Crippen LogP contribution in [0.3, 0.4) is 0 Å². The lowest BCUT2D eigenvalue weighted by atomic mass is 9.84. The third-order valence-electron chi connectivity index (χ3n) is 2.37. The van der Waals surface area contributed by atoms with Gasteiger partial charge in [-0.05, 0) is 12.3 Å². The van der Waals surface area contributed by atoms with E-state index in [0.717, 1.165) is 6.42 Å². The van der Waals surface area contributed by atoms with Crippen LogP contribution < -0.4 is 0 Å². The predicted octanol–water partition coefficient (Wildman–Crippen LogP) is 0.167. The highest BCUT2D eigenvalue weighted by Gasteiger charge is 2.36. The molecule has 0 aromatic carbocycles. The summed E-state index contributed by atoms with van der Waals surface area (Å²) in [7, 11) is 0. The fourth-order valence-electron chi connectivity index (χ4n) is 1.63. The summed E-state index contributed by atoms with van der Waals surface area (Å²) >= 11 is 0. The minimum absolute atomic E-state index is 0.135. The molecule has 0 aromatic rings. The summed E-state index contributed by atoms with van der Waals surface area (Å²) in [5.41, 5.74) is 0. The van der Waals surface area contributed by atoms with Crippen LogP contribution in [0.1, 0.15) is 12.8 Å². The van der Waals surface area contributed by atoms with Crippen LogP contribution in [0.25, 0.3) is 0 Å². The van der Waals surface area contributed by atoms with Gasteiger partial charge in [0.1, 0.15) is 6.61 Å². The van der Waals surface area contributed by atoms with Crippen LogP contribution in [0.4, 0.5) is 0 Å². The lowest BCUT2D eigenvalue weighted by molar-refractivity contribution is -0.155. The van der Waals surface area contributed by atoms with Crippen LogP contribution in [-0.4, -0.2) is 24.7 Å². The molecule has 0 radical (unpaired) electrons. The molecule has 0 spiro atoms. The molecule has 2 aliphatic rings. The molecule has 0 saturated carbocycles. The molecule has 0 bridgehead atoms. The van der Waals surface area contributed by atoms with Crippen molar-refractivity contribution in [3.05, 3.63) is 0 Å². The van der Waals surface area contributed by atoms with Crippen LogP contribution in [0, 0.1) is 11.8 Å². The first-order chi connectivity index (χ1) is 5.77. The standard InChI is InChI=1S/C8H9NO3/c10-7-3-5-1-2-9-8(11)6(5)4-12-7/h2,5-6H,1,3-4H2. The number of hydrogen-bond donors (Lipinski definition) is 0. The van der Waals surface area contributed by atoms with E-state index in [0.29, 0.717) is 6.42 Å². The van der Waals surface area contributed by atoms with Gasteiger partial charge >= 0.3 is 5.97 Å². The first kappa shape index (κ1) is 7.46. The molecule has 0 aromatic heterocycles. The quantitative estimate of drug-likeness (QED) is 0.483. The van der Waals surface area contributed by atoms with E-state index in [-0.39, 0.29) is 30.3 Å². The second-order valence-electron chi connectivity index (χ2n) is 3.14. The number of nitrogens with zero attached hydrogens (tertiary/aromatic N) is 1. The fourth-order valence-corrected chi connectivity index (χ4v) is 1.63. The van der Waals surface area contributed by atoms with E-state index in [1.54, 1.807) is 6.21 Å². The van der Waals surface area contributed by atoms with E-state index in [9.17, 15) is 9.59 Å². The zero-order chi connectivity index (χ0) is 8.55. The molecule has 4 nitrogen and oxygen atoms in total. The third-order valence-corrected chi connectivity index (χ3v) is 2.37. The molecule has 2 rings (SSSR count). The number of cyclic esters (lactones) is 1. The molecule has 2 heterocycles. The lowest BCUT2D eigenvalue weighted by Crippen LogP contribution is -2.37. The van der Waals surface area contributed by atoms with Crippen molar-refractivity contribution in [3.8, 4) is 0 Å². The van der Waals surface area contributed by atoms with Gasteiger partial charge in [0.15, 0.2) is 0 Å². The van der Waals surface area contributed by atoms with Crippen molar-refractivity contribution >= 4 is 18.1 Å². The molecular weight excluding hydrogens is 158 g/mol. The number of esters is 1. The topological polar surface area (TPSA) is 55.7 Å². The van der Waals surface area contributed by atoms with E-state index in [1.807, 2.05) is 0 Å². The van der Waals surface area contributed by atoms with Gasteiger partial charge in [-0.3, -0.25) is 9.59 Å². The average molecular weight is 167 g/mol. The Kier molecular flexibility index (Phi) is 1.67. The van der Waals surface area contributed by atoms with Crippen molar-refractivity contribution in [3.63, 3.8) is 0 Å². The van der Waals surface area contributed by atoms with Crippen LogP contribution >= 0.6 is 0 Å². The molecule has 0 aliphatic carbocycles. The molecule has 1 fully saturated rings. The fraction of sp³-hybridized carbons (Fsp3) is 0.625. The van der Waals surface area contributed by atoms with Crippen molar-refractivity contribution in [2.75, 3.05) is 6.61 Å². The summed E-state index contributed by atoms with van der Waals surface area (Å²) < 4.78 is 4.78. The maximum Gasteiger partial charge on any atom is 0.306 e. The summed E-state index contributed by atoms with van der Waals surface area (Å²) in [6, 6.07) is 0. The monoisotopic (exact) mass is 167 g/mol. The van der Waals surface area contributed by atoms with E-state index >= 15 is 0 Å². The number of fused-ring (bicyclic) bond motifs is 1. The highest BCUT2D eigenvalue weighted by Crippen LogP contribution is 2.28. The molecule has 2 unspecified atom stereocenters. The Labute approximate surface area is 69.6 Å². The Hall–Kier alpha value is -1.19. The largest absolute Gasteiger partial charge is 0.465 e. The minimum atomic E-state index is -0.195. The van der Waals surface area contributed by atoms with Crippen molar-refractivity contribution in [2.24, 2.45) is 16.8 Å². The molecule has 4 heteroatoms. The van der Waals surface area contributed by atoms with Crippen molar-refractivity contribution in [2.45, 2.75) is 12.8 Å². The smallest absolute Gasteiger partial charge is 0.306 e. The first-order valence-electron chi connectivity index (χ1n) is 3.99. The van der Waals surface area contributed by atoms with Gasteiger partial charge in [0, 0.05) is 12.6 Å². The number of rotatable bonds is 0. The lowest BCUT2D eigenvalue weighted by Gasteiger charge is -2.29. The molecular formula is C8H9NO3. The number of aliphatic imine (C=N–C) groups is 1. The molecule has 2 aliphatic heterocycles. The Bertz CT molecular complexity index is 259. The normalized spacial score (nSPS) is 34.3. The van der Waals surface area contributed by atoms with Crippen LogP contribution in [0.5, 0.6) is 0 Å². The summed E-state index contributed by atoms with van der Waals surface area (Å²) in [4.78, 5) is 25.7. The van der Waals surface area contributed by atoms with Crippen molar-refractivity contribution in [1.82, 2.24) is 0 Å². The van der Waals surface area contributed by atoms with Gasteiger partial charge in [-0.15, -0.1) is 0 Å². The minimum Gasteiger partial charge on any atom is -0.465 e. The van der Waals surface area contributed by atoms with Gasteiger partial charge in [-0.1, -0.05) is 0 Å². The highest BCUT2D eigenvalue weighted by atomic mass is 16.5. The summed E-state index contributed by atoms with van der Waals surface area (Å²) in [6.07, 6.45) is 2.69. The molecule has 12 heavy (non-hydrogen) atoms. The second-order valence-corrected chi connectivity index (χ2v) is 3.14. The maximum absolute atomic E-state index is 11.1. The first-order valence-corrected chi connectivity index (χ1v) is 3.99. The van der Waals surface area contributed by atoms with Gasteiger partial charge in [0.25, 0.3) is 5.91 Å². The SMILES string of the molecule is O=C1CC2CC=NC(=O)C2CO1. The van der Waals surface area contributed by atoms with E-state index in [2.05, 4.69) is 4.99 Å². The zero-order valence-electron chi connectivity index (χ0n) is 6.53. The summed E-state index contributed by atoms with van der Waals surface area (Å²) in [5.74, 6) is -0.373.